The van der Waals surface area contributed by atoms with E-state index in [0.717, 1.165) is 11.3 Å². The van der Waals surface area contributed by atoms with Gasteiger partial charge in [0, 0.05) is 31.4 Å². The molecule has 0 radical (unpaired) electrons. The number of azo groups is 1. The lowest BCUT2D eigenvalue weighted by molar-refractivity contribution is 0.341. The normalized spacial score (nSPS) is 11.2. The summed E-state index contributed by atoms with van der Waals surface area (Å²) in [6.07, 6.45) is 0. The number of aryl methyl sites for hydroxylation is 1. The Balaban J connectivity index is 1.64. The Bertz CT molecular complexity index is 1380. The third-order valence-electron chi connectivity index (χ3n) is 5.40. The molecule has 174 valence electrons. The van der Waals surface area contributed by atoms with Crippen LogP contribution in [0, 0.1) is 6.92 Å². The molecule has 0 fully saturated rings. The zero-order chi connectivity index (χ0) is 24.2. The lowest BCUT2D eigenvalue weighted by Crippen LogP contribution is -2.14. The van der Waals surface area contributed by atoms with Crippen LogP contribution in [0.2, 0.25) is 0 Å². The van der Waals surface area contributed by atoms with E-state index >= 15 is 0 Å². The second-order valence-corrected chi connectivity index (χ2v) is 7.97. The minimum atomic E-state index is -0.363. The van der Waals surface area contributed by atoms with Crippen molar-refractivity contribution in [3.63, 3.8) is 0 Å². The molecule has 8 heteroatoms. The minimum Gasteiger partial charge on any atom is -0.507 e. The van der Waals surface area contributed by atoms with E-state index < -0.39 is 0 Å². The summed E-state index contributed by atoms with van der Waals surface area (Å²) in [4.78, 5) is 15.1. The average molecular weight is 458 g/mol. The Labute approximate surface area is 197 Å². The first-order valence-electron chi connectivity index (χ1n) is 11.0. The molecule has 0 amide bonds. The molecular formula is C26H27N5O3. The summed E-state index contributed by atoms with van der Waals surface area (Å²) in [7, 11) is 3.95. The molecular weight excluding hydrogens is 430 g/mol. The number of anilines is 1. The summed E-state index contributed by atoms with van der Waals surface area (Å²) in [5.41, 5.74) is 4.05. The molecule has 4 aromatic rings. The largest absolute Gasteiger partial charge is 0.507 e. The number of ether oxygens (including phenoxy) is 1. The van der Waals surface area contributed by atoms with Gasteiger partial charge in [0.1, 0.15) is 17.2 Å². The highest BCUT2D eigenvalue weighted by atomic mass is 16.5. The number of nitrogens with zero attached hydrogens (tertiary/aromatic N) is 4. The van der Waals surface area contributed by atoms with Gasteiger partial charge in [-0.05, 0) is 55.8 Å². The molecule has 2 N–H and O–H groups in total. The number of para-hydroxylation sites is 1. The maximum absolute atomic E-state index is 13.1. The number of hydrogen-bond donors (Lipinski definition) is 2. The third kappa shape index (κ3) is 4.56. The van der Waals surface area contributed by atoms with Crippen LogP contribution in [-0.4, -0.2) is 35.6 Å². The van der Waals surface area contributed by atoms with Gasteiger partial charge in [0.15, 0.2) is 5.69 Å². The van der Waals surface area contributed by atoms with Gasteiger partial charge in [-0.25, -0.2) is 4.68 Å². The van der Waals surface area contributed by atoms with Crippen LogP contribution in [0.15, 0.2) is 81.8 Å². The molecule has 4 rings (SSSR count). The van der Waals surface area contributed by atoms with Gasteiger partial charge in [-0.1, -0.05) is 24.3 Å². The molecule has 34 heavy (non-hydrogen) atoms. The van der Waals surface area contributed by atoms with Crippen LogP contribution >= 0.6 is 0 Å². The van der Waals surface area contributed by atoms with Crippen LogP contribution in [0.25, 0.3) is 16.8 Å². The number of aromatic amines is 1. The Kier molecular flexibility index (Phi) is 6.49. The minimum absolute atomic E-state index is 0.0723. The van der Waals surface area contributed by atoms with E-state index in [1.165, 1.54) is 4.68 Å². The highest BCUT2D eigenvalue weighted by molar-refractivity contribution is 5.73. The molecule has 0 atom stereocenters. The summed E-state index contributed by atoms with van der Waals surface area (Å²) < 4.78 is 6.91. The van der Waals surface area contributed by atoms with Crippen LogP contribution in [0.4, 0.5) is 17.1 Å². The van der Waals surface area contributed by atoms with E-state index in [1.807, 2.05) is 62.3 Å². The van der Waals surface area contributed by atoms with E-state index in [9.17, 15) is 9.90 Å². The number of H-pyrrole nitrogens is 1. The lowest BCUT2D eigenvalue weighted by Gasteiger charge is -2.13. The van der Waals surface area contributed by atoms with Crippen molar-refractivity contribution in [3.05, 3.63) is 82.8 Å². The predicted molar refractivity (Wildman–Crippen MR) is 134 cm³/mol. The van der Waals surface area contributed by atoms with Crippen molar-refractivity contribution >= 4 is 17.1 Å². The molecule has 0 unspecified atom stereocenters. The fourth-order valence-electron chi connectivity index (χ4n) is 3.60. The fourth-order valence-corrected chi connectivity index (χ4v) is 3.60. The first kappa shape index (κ1) is 22.8. The summed E-state index contributed by atoms with van der Waals surface area (Å²) in [5, 5.41) is 22.1. The number of aromatic hydroxyl groups is 1. The van der Waals surface area contributed by atoms with Crippen molar-refractivity contribution in [2.24, 2.45) is 10.2 Å². The Morgan fingerprint density at radius 1 is 1.03 bits per heavy atom. The Hall–Kier alpha value is -4.33. The van der Waals surface area contributed by atoms with Gasteiger partial charge < -0.3 is 14.7 Å². The van der Waals surface area contributed by atoms with E-state index in [2.05, 4.69) is 15.3 Å². The SMILES string of the molecule is CCOc1ccccc1N=Nc1c(C)[nH]n(-c2ccc(-c3ccc(N(C)C)cc3)c(O)c2)c1=O. The number of benzene rings is 3. The summed E-state index contributed by atoms with van der Waals surface area (Å²) in [6.45, 7) is 4.14. The quantitative estimate of drug-likeness (QED) is 0.347. The lowest BCUT2D eigenvalue weighted by atomic mass is 10.0. The van der Waals surface area contributed by atoms with Crippen molar-refractivity contribution < 1.29 is 9.84 Å². The first-order valence-corrected chi connectivity index (χ1v) is 11.0. The maximum Gasteiger partial charge on any atom is 0.299 e. The number of phenolic OH excluding ortho intramolecular Hbond substituents is 1. The number of phenols is 1. The van der Waals surface area contributed by atoms with E-state index in [4.69, 9.17) is 4.74 Å². The van der Waals surface area contributed by atoms with Gasteiger partial charge in [0.2, 0.25) is 0 Å². The predicted octanol–water partition coefficient (Wildman–Crippen LogP) is 5.73. The number of rotatable bonds is 7. The molecule has 3 aromatic carbocycles. The molecule has 0 aliphatic carbocycles. The van der Waals surface area contributed by atoms with Gasteiger partial charge in [0.25, 0.3) is 5.56 Å². The van der Waals surface area contributed by atoms with Gasteiger partial charge in [-0.3, -0.25) is 9.89 Å². The summed E-state index contributed by atoms with van der Waals surface area (Å²) in [5.74, 6) is 0.671. The van der Waals surface area contributed by atoms with E-state index in [0.29, 0.717) is 35.0 Å². The maximum atomic E-state index is 13.1. The zero-order valence-electron chi connectivity index (χ0n) is 19.6. The highest BCUT2D eigenvalue weighted by Crippen LogP contribution is 2.32. The molecule has 0 spiro atoms. The van der Waals surface area contributed by atoms with Crippen molar-refractivity contribution in [1.82, 2.24) is 9.78 Å². The van der Waals surface area contributed by atoms with Crippen LogP contribution in [0.1, 0.15) is 12.6 Å². The second-order valence-electron chi connectivity index (χ2n) is 7.97. The fraction of sp³-hybridized carbons (Fsp3) is 0.192. The molecule has 8 nitrogen and oxygen atoms in total. The second kappa shape index (κ2) is 9.66. The Morgan fingerprint density at radius 3 is 2.44 bits per heavy atom. The van der Waals surface area contributed by atoms with Gasteiger partial charge in [-0.2, -0.15) is 0 Å². The summed E-state index contributed by atoms with van der Waals surface area (Å²) in [6, 6.07) is 20.3. The molecule has 0 saturated carbocycles. The van der Waals surface area contributed by atoms with Crippen molar-refractivity contribution in [3.8, 4) is 28.3 Å². The first-order chi connectivity index (χ1) is 16.4. The molecule has 0 aliphatic rings. The van der Waals surface area contributed by atoms with Crippen molar-refractivity contribution in [2.75, 3.05) is 25.6 Å². The topological polar surface area (TPSA) is 95.2 Å². The van der Waals surface area contributed by atoms with Gasteiger partial charge in [-0.15, -0.1) is 10.2 Å². The molecule has 1 aromatic heterocycles. The summed E-state index contributed by atoms with van der Waals surface area (Å²) >= 11 is 0. The molecule has 1 heterocycles. The van der Waals surface area contributed by atoms with Crippen molar-refractivity contribution in [1.29, 1.82) is 0 Å². The number of hydrogen-bond acceptors (Lipinski definition) is 6. The van der Waals surface area contributed by atoms with Crippen LogP contribution in [0.3, 0.4) is 0 Å². The van der Waals surface area contributed by atoms with Crippen molar-refractivity contribution in [2.45, 2.75) is 13.8 Å². The number of nitrogens with one attached hydrogen (secondary N) is 1. The van der Waals surface area contributed by atoms with Crippen LogP contribution < -0.4 is 15.2 Å². The standard InChI is InChI=1S/C26H27N5O3/c1-5-34-24-9-7-6-8-22(24)27-28-25-17(2)29-31(26(25)33)20-14-15-21(23(32)16-20)18-10-12-19(13-11-18)30(3)4/h6-16,29,32H,5H2,1-4H3. The van der Waals surface area contributed by atoms with E-state index in [1.54, 1.807) is 37.3 Å². The monoisotopic (exact) mass is 457 g/mol. The zero-order valence-corrected chi connectivity index (χ0v) is 19.6. The van der Waals surface area contributed by atoms with E-state index in [-0.39, 0.29) is 17.0 Å². The molecule has 0 aliphatic heterocycles. The van der Waals surface area contributed by atoms with Crippen LogP contribution in [0.5, 0.6) is 11.5 Å². The molecule has 0 saturated heterocycles. The van der Waals surface area contributed by atoms with Crippen LogP contribution in [-0.2, 0) is 0 Å². The average Bonchev–Trinajstić information content (AvgIpc) is 3.12. The highest BCUT2D eigenvalue weighted by Gasteiger charge is 2.14. The van der Waals surface area contributed by atoms with Gasteiger partial charge in [0.05, 0.1) is 18.0 Å². The Morgan fingerprint density at radius 2 is 1.76 bits per heavy atom. The number of aromatic nitrogens is 2. The third-order valence-corrected chi connectivity index (χ3v) is 5.40. The molecule has 0 bridgehead atoms. The van der Waals surface area contributed by atoms with Gasteiger partial charge >= 0.3 is 0 Å². The smallest absolute Gasteiger partial charge is 0.299 e.